The van der Waals surface area contributed by atoms with Gasteiger partial charge in [-0.1, -0.05) is 26.0 Å². The highest BCUT2D eigenvalue weighted by molar-refractivity contribution is 5.76. The summed E-state index contributed by atoms with van der Waals surface area (Å²) in [5.41, 5.74) is 1.40. The lowest BCUT2D eigenvalue weighted by Crippen LogP contribution is -2.50. The maximum absolute atomic E-state index is 12.3. The Kier molecular flexibility index (Phi) is 3.31. The summed E-state index contributed by atoms with van der Waals surface area (Å²) >= 11 is 0. The molecule has 0 radical (unpaired) electrons. The lowest BCUT2D eigenvalue weighted by Gasteiger charge is -2.53. The Labute approximate surface area is 138 Å². The van der Waals surface area contributed by atoms with Gasteiger partial charge in [-0.3, -0.25) is 4.79 Å². The second kappa shape index (κ2) is 4.94. The van der Waals surface area contributed by atoms with Crippen molar-refractivity contribution in [2.45, 2.75) is 64.9 Å². The maximum atomic E-state index is 12.3. The van der Waals surface area contributed by atoms with Crippen LogP contribution in [-0.4, -0.2) is 18.4 Å². The van der Waals surface area contributed by atoms with Crippen molar-refractivity contribution in [3.8, 4) is 0 Å². The van der Waals surface area contributed by atoms with Crippen LogP contribution >= 0.6 is 0 Å². The van der Waals surface area contributed by atoms with Gasteiger partial charge in [0.1, 0.15) is 12.4 Å². The molecule has 126 valence electrons. The first-order valence-electron chi connectivity index (χ1n) is 9.24. The van der Waals surface area contributed by atoms with Crippen LogP contribution in [0.25, 0.3) is 0 Å². The quantitative estimate of drug-likeness (QED) is 0.440. The van der Waals surface area contributed by atoms with Gasteiger partial charge >= 0.3 is 5.97 Å². The summed E-state index contributed by atoms with van der Waals surface area (Å²) in [6, 6.07) is 0. The SMILES string of the molecule is C=C1CC[C@H]2[C@H](C=O)[C@@H]([C@@]3(C)CC[C@H]4C[C@@H]3C(=O)O4)CC[C@]12C. The second-order valence-corrected chi connectivity index (χ2v) is 8.92. The third-order valence-corrected chi connectivity index (χ3v) is 8.16. The average Bonchev–Trinajstić information content (AvgIpc) is 3.01. The summed E-state index contributed by atoms with van der Waals surface area (Å²) in [5.74, 6) is 0.799. The van der Waals surface area contributed by atoms with Crippen molar-refractivity contribution in [2.75, 3.05) is 0 Å². The Bertz CT molecular complexity index is 567. The molecule has 2 bridgehead atoms. The standard InChI is InChI=1S/C20H28O3/c1-12-4-5-15-14(11-21)16(7-9-19(12,15)2)20(3)8-6-13-10-17(20)18(22)23-13/h11,13-17H,1,4-10H2,2-3H3/t13-,14-,15-,16-,17+,19+,20+/m0/s1. The first-order valence-corrected chi connectivity index (χ1v) is 9.24. The van der Waals surface area contributed by atoms with Crippen LogP contribution in [0.2, 0.25) is 0 Å². The van der Waals surface area contributed by atoms with Crippen LogP contribution in [0.1, 0.15) is 58.8 Å². The minimum absolute atomic E-state index is 0.00246. The van der Waals surface area contributed by atoms with E-state index in [1.54, 1.807) is 0 Å². The molecule has 3 heteroatoms. The van der Waals surface area contributed by atoms with E-state index in [0.717, 1.165) is 44.9 Å². The van der Waals surface area contributed by atoms with Gasteiger partial charge < -0.3 is 9.53 Å². The summed E-state index contributed by atoms with van der Waals surface area (Å²) in [6.07, 6.45) is 8.51. The Balaban J connectivity index is 1.68. The Hall–Kier alpha value is -1.12. The summed E-state index contributed by atoms with van der Waals surface area (Å²) in [6.45, 7) is 8.86. The number of rotatable bonds is 2. The topological polar surface area (TPSA) is 43.4 Å². The van der Waals surface area contributed by atoms with Gasteiger partial charge in [0.25, 0.3) is 0 Å². The number of fused-ring (bicyclic) bond motifs is 3. The van der Waals surface area contributed by atoms with Crippen molar-refractivity contribution in [1.82, 2.24) is 0 Å². The fourth-order valence-electron chi connectivity index (χ4n) is 6.52. The van der Waals surface area contributed by atoms with E-state index in [9.17, 15) is 9.59 Å². The number of esters is 1. The number of allylic oxidation sites excluding steroid dienone is 1. The van der Waals surface area contributed by atoms with Gasteiger partial charge in [0.2, 0.25) is 0 Å². The van der Waals surface area contributed by atoms with E-state index in [0.29, 0.717) is 11.8 Å². The normalized spacial score (nSPS) is 52.2. The van der Waals surface area contributed by atoms with Gasteiger partial charge in [-0.15, -0.1) is 0 Å². The summed E-state index contributed by atoms with van der Waals surface area (Å²) in [5, 5.41) is 0. The van der Waals surface area contributed by atoms with Crippen LogP contribution in [0.5, 0.6) is 0 Å². The highest BCUT2D eigenvalue weighted by Gasteiger charge is 2.60. The van der Waals surface area contributed by atoms with Crippen LogP contribution in [0.4, 0.5) is 0 Å². The van der Waals surface area contributed by atoms with E-state index in [1.807, 2.05) is 0 Å². The van der Waals surface area contributed by atoms with Crippen molar-refractivity contribution in [1.29, 1.82) is 0 Å². The van der Waals surface area contributed by atoms with Gasteiger partial charge in [-0.25, -0.2) is 0 Å². The van der Waals surface area contributed by atoms with E-state index < -0.39 is 0 Å². The number of hydrogen-bond acceptors (Lipinski definition) is 3. The van der Waals surface area contributed by atoms with Gasteiger partial charge in [-0.05, 0) is 67.6 Å². The van der Waals surface area contributed by atoms with Crippen molar-refractivity contribution in [3.63, 3.8) is 0 Å². The van der Waals surface area contributed by atoms with E-state index in [-0.39, 0.29) is 34.7 Å². The lowest BCUT2D eigenvalue weighted by molar-refractivity contribution is -0.148. The molecule has 7 atom stereocenters. The molecule has 4 fully saturated rings. The van der Waals surface area contributed by atoms with Gasteiger partial charge in [-0.2, -0.15) is 0 Å². The molecule has 0 unspecified atom stereocenters. The third-order valence-electron chi connectivity index (χ3n) is 8.16. The molecule has 0 aromatic rings. The van der Waals surface area contributed by atoms with E-state index in [2.05, 4.69) is 20.4 Å². The van der Waals surface area contributed by atoms with Crippen LogP contribution in [0.15, 0.2) is 12.2 Å². The zero-order chi connectivity index (χ0) is 16.4. The molecule has 1 saturated heterocycles. The van der Waals surface area contributed by atoms with Crippen LogP contribution in [-0.2, 0) is 14.3 Å². The van der Waals surface area contributed by atoms with Gasteiger partial charge in [0.15, 0.2) is 0 Å². The highest BCUT2D eigenvalue weighted by Crippen LogP contribution is 2.63. The largest absolute Gasteiger partial charge is 0.462 e. The predicted octanol–water partition coefficient (Wildman–Crippen LogP) is 3.92. The molecule has 4 aliphatic rings. The van der Waals surface area contributed by atoms with Crippen molar-refractivity contribution in [3.05, 3.63) is 12.2 Å². The first kappa shape index (κ1) is 15.4. The fourth-order valence-corrected chi connectivity index (χ4v) is 6.52. The molecule has 3 aliphatic carbocycles. The monoisotopic (exact) mass is 316 g/mol. The van der Waals surface area contributed by atoms with Crippen LogP contribution in [0, 0.1) is 34.5 Å². The molecule has 1 aliphatic heterocycles. The Morgan fingerprint density at radius 1 is 1.17 bits per heavy atom. The molecule has 23 heavy (non-hydrogen) atoms. The fraction of sp³-hybridized carbons (Fsp3) is 0.800. The Morgan fingerprint density at radius 3 is 2.70 bits per heavy atom. The Morgan fingerprint density at radius 2 is 1.96 bits per heavy atom. The van der Waals surface area contributed by atoms with Gasteiger partial charge in [0.05, 0.1) is 5.92 Å². The van der Waals surface area contributed by atoms with Crippen molar-refractivity contribution in [2.24, 2.45) is 34.5 Å². The van der Waals surface area contributed by atoms with Crippen molar-refractivity contribution >= 4 is 12.3 Å². The zero-order valence-corrected chi connectivity index (χ0v) is 14.3. The van der Waals surface area contributed by atoms with E-state index in [1.165, 1.54) is 11.9 Å². The second-order valence-electron chi connectivity index (χ2n) is 8.92. The molecule has 3 saturated carbocycles. The molecule has 0 amide bonds. The number of carbonyl (C=O) groups is 2. The molecular weight excluding hydrogens is 288 g/mol. The van der Waals surface area contributed by atoms with E-state index >= 15 is 0 Å². The molecule has 4 rings (SSSR count). The molecule has 3 nitrogen and oxygen atoms in total. The summed E-state index contributed by atoms with van der Waals surface area (Å²) < 4.78 is 5.52. The summed E-state index contributed by atoms with van der Waals surface area (Å²) in [4.78, 5) is 24.4. The number of ether oxygens (including phenoxy) is 1. The molecule has 0 spiro atoms. The predicted molar refractivity (Wildman–Crippen MR) is 87.6 cm³/mol. The number of carbonyl (C=O) groups excluding carboxylic acids is 2. The first-order chi connectivity index (χ1) is 10.9. The van der Waals surface area contributed by atoms with Crippen LogP contribution < -0.4 is 0 Å². The van der Waals surface area contributed by atoms with Gasteiger partial charge in [0, 0.05) is 5.92 Å². The molecular formula is C20H28O3. The highest BCUT2D eigenvalue weighted by atomic mass is 16.6. The van der Waals surface area contributed by atoms with Crippen LogP contribution in [0.3, 0.4) is 0 Å². The molecule has 0 N–H and O–H groups in total. The maximum Gasteiger partial charge on any atom is 0.309 e. The summed E-state index contributed by atoms with van der Waals surface area (Å²) in [7, 11) is 0. The minimum Gasteiger partial charge on any atom is -0.462 e. The zero-order valence-electron chi connectivity index (χ0n) is 14.3. The number of aldehydes is 1. The average molecular weight is 316 g/mol. The van der Waals surface area contributed by atoms with E-state index in [4.69, 9.17) is 4.74 Å². The minimum atomic E-state index is -0.0685. The molecule has 0 aromatic heterocycles. The number of hydrogen-bond donors (Lipinski definition) is 0. The smallest absolute Gasteiger partial charge is 0.309 e. The van der Waals surface area contributed by atoms with Crippen molar-refractivity contribution < 1.29 is 14.3 Å². The lowest BCUT2D eigenvalue weighted by atomic mass is 9.50. The molecule has 1 heterocycles. The third kappa shape index (κ3) is 1.94. The molecule has 0 aromatic carbocycles.